The molecular weight excluding hydrogens is 284 g/mol. The number of nitrogens with zero attached hydrogens (tertiary/aromatic N) is 2. The van der Waals surface area contributed by atoms with Crippen LogP contribution in [0.1, 0.15) is 30.1 Å². The zero-order chi connectivity index (χ0) is 14.8. The predicted molar refractivity (Wildman–Crippen MR) is 73.9 cm³/mol. The average molecular weight is 299 g/mol. The smallest absolute Gasteiger partial charge is 0.300 e. The summed E-state index contributed by atoms with van der Waals surface area (Å²) >= 11 is 5.72. The fourth-order valence-corrected chi connectivity index (χ4v) is 2.35. The van der Waals surface area contributed by atoms with Crippen molar-refractivity contribution in [1.29, 1.82) is 0 Å². The van der Waals surface area contributed by atoms with Crippen molar-refractivity contribution < 1.29 is 9.72 Å². The molecule has 1 aliphatic heterocycles. The molecule has 0 spiro atoms. The van der Waals surface area contributed by atoms with E-state index in [1.165, 1.54) is 6.07 Å². The van der Waals surface area contributed by atoms with Crippen LogP contribution in [0.15, 0.2) is 12.3 Å². The van der Waals surface area contributed by atoms with E-state index in [2.05, 4.69) is 15.6 Å². The molecule has 1 aliphatic rings. The van der Waals surface area contributed by atoms with Gasteiger partial charge in [0.05, 0.1) is 4.92 Å². The van der Waals surface area contributed by atoms with E-state index in [4.69, 9.17) is 11.6 Å². The van der Waals surface area contributed by atoms with E-state index in [0.717, 1.165) is 32.1 Å². The van der Waals surface area contributed by atoms with Crippen LogP contribution in [-0.4, -0.2) is 34.4 Å². The molecule has 0 atom stereocenters. The van der Waals surface area contributed by atoms with E-state index < -0.39 is 10.8 Å². The summed E-state index contributed by atoms with van der Waals surface area (Å²) < 4.78 is 0. The summed E-state index contributed by atoms with van der Waals surface area (Å²) in [6.45, 7) is 3.53. The van der Waals surface area contributed by atoms with Crippen molar-refractivity contribution in [2.24, 2.45) is 0 Å². The molecule has 1 saturated heterocycles. The first kappa shape index (κ1) is 14.7. The lowest BCUT2D eigenvalue weighted by Crippen LogP contribution is -2.52. The van der Waals surface area contributed by atoms with Crippen molar-refractivity contribution in [3.8, 4) is 0 Å². The Balaban J connectivity index is 2.24. The zero-order valence-electron chi connectivity index (χ0n) is 11.0. The number of piperidine rings is 1. The standard InChI is InChI=1S/C12H15ClN4O3/c1-12(2-4-14-5-3-12)16-11(18)8-6-10(13)15-7-9(8)17(19)20/h6-7,14H,2-5H2,1H3,(H,16,18). The van der Waals surface area contributed by atoms with Crippen molar-refractivity contribution in [1.82, 2.24) is 15.6 Å². The number of halogens is 1. The number of pyridine rings is 1. The predicted octanol–water partition coefficient (Wildman–Crippen LogP) is 1.52. The lowest BCUT2D eigenvalue weighted by molar-refractivity contribution is -0.385. The Morgan fingerprint density at radius 2 is 2.20 bits per heavy atom. The highest BCUT2D eigenvalue weighted by molar-refractivity contribution is 6.29. The Morgan fingerprint density at radius 1 is 1.55 bits per heavy atom. The summed E-state index contributed by atoms with van der Waals surface area (Å²) in [5, 5.41) is 17.1. The Labute approximate surface area is 120 Å². The number of nitro groups is 1. The van der Waals surface area contributed by atoms with Gasteiger partial charge in [0.15, 0.2) is 0 Å². The molecule has 0 aromatic carbocycles. The fourth-order valence-electron chi connectivity index (χ4n) is 2.19. The van der Waals surface area contributed by atoms with E-state index in [1.807, 2.05) is 6.92 Å². The van der Waals surface area contributed by atoms with Gasteiger partial charge in [-0.05, 0) is 38.9 Å². The molecule has 108 valence electrons. The molecule has 2 heterocycles. The first-order valence-electron chi connectivity index (χ1n) is 6.24. The lowest BCUT2D eigenvalue weighted by Gasteiger charge is -2.34. The Morgan fingerprint density at radius 3 is 2.80 bits per heavy atom. The van der Waals surface area contributed by atoms with Crippen LogP contribution in [0.4, 0.5) is 5.69 Å². The highest BCUT2D eigenvalue weighted by atomic mass is 35.5. The van der Waals surface area contributed by atoms with Gasteiger partial charge < -0.3 is 10.6 Å². The molecule has 8 heteroatoms. The maximum Gasteiger partial charge on any atom is 0.300 e. The third-order valence-corrected chi connectivity index (χ3v) is 3.62. The Kier molecular flexibility index (Phi) is 4.20. The molecule has 1 aromatic rings. The third-order valence-electron chi connectivity index (χ3n) is 3.41. The number of aromatic nitrogens is 1. The first-order chi connectivity index (χ1) is 9.41. The van der Waals surface area contributed by atoms with Crippen LogP contribution in [0, 0.1) is 10.1 Å². The summed E-state index contributed by atoms with van der Waals surface area (Å²) in [5.74, 6) is -0.495. The van der Waals surface area contributed by atoms with Gasteiger partial charge in [0.25, 0.3) is 11.6 Å². The largest absolute Gasteiger partial charge is 0.347 e. The molecule has 2 rings (SSSR count). The number of amides is 1. The number of carbonyl (C=O) groups excluding carboxylic acids is 1. The molecule has 0 aliphatic carbocycles. The summed E-state index contributed by atoms with van der Waals surface area (Å²) in [5.41, 5.74) is -0.773. The van der Waals surface area contributed by atoms with Gasteiger partial charge in [-0.25, -0.2) is 4.98 Å². The van der Waals surface area contributed by atoms with Gasteiger partial charge in [-0.15, -0.1) is 0 Å². The second-order valence-electron chi connectivity index (χ2n) is 5.05. The second-order valence-corrected chi connectivity index (χ2v) is 5.43. The molecule has 2 N–H and O–H groups in total. The molecule has 20 heavy (non-hydrogen) atoms. The van der Waals surface area contributed by atoms with Crippen molar-refractivity contribution >= 4 is 23.2 Å². The van der Waals surface area contributed by atoms with Crippen LogP contribution >= 0.6 is 11.6 Å². The molecule has 0 saturated carbocycles. The second kappa shape index (κ2) is 5.72. The van der Waals surface area contributed by atoms with Crippen LogP contribution in [-0.2, 0) is 0 Å². The Hall–Kier alpha value is -1.73. The van der Waals surface area contributed by atoms with Gasteiger partial charge in [0, 0.05) is 5.54 Å². The summed E-state index contributed by atoms with van der Waals surface area (Å²) in [4.78, 5) is 26.2. The summed E-state index contributed by atoms with van der Waals surface area (Å²) in [6.07, 6.45) is 2.54. The number of hydrogen-bond donors (Lipinski definition) is 2. The van der Waals surface area contributed by atoms with E-state index >= 15 is 0 Å². The highest BCUT2D eigenvalue weighted by Gasteiger charge is 2.31. The average Bonchev–Trinajstić information content (AvgIpc) is 2.38. The summed E-state index contributed by atoms with van der Waals surface area (Å²) in [6, 6.07) is 1.22. The summed E-state index contributed by atoms with van der Waals surface area (Å²) in [7, 11) is 0. The van der Waals surface area contributed by atoms with Crippen molar-refractivity contribution in [2.75, 3.05) is 13.1 Å². The number of nitrogens with one attached hydrogen (secondary N) is 2. The van der Waals surface area contributed by atoms with E-state index in [1.54, 1.807) is 0 Å². The van der Waals surface area contributed by atoms with E-state index in [-0.39, 0.29) is 21.9 Å². The molecule has 0 unspecified atom stereocenters. The lowest BCUT2D eigenvalue weighted by atomic mass is 9.90. The molecule has 0 bridgehead atoms. The molecule has 1 fully saturated rings. The van der Waals surface area contributed by atoms with Gasteiger partial charge >= 0.3 is 0 Å². The molecule has 0 radical (unpaired) electrons. The van der Waals surface area contributed by atoms with Gasteiger partial charge in [0.2, 0.25) is 0 Å². The van der Waals surface area contributed by atoms with Gasteiger partial charge in [-0.2, -0.15) is 0 Å². The minimum atomic E-state index is -0.636. The third kappa shape index (κ3) is 3.23. The molecule has 1 amide bonds. The van der Waals surface area contributed by atoms with Crippen molar-refractivity contribution in [2.45, 2.75) is 25.3 Å². The van der Waals surface area contributed by atoms with Crippen molar-refractivity contribution in [3.63, 3.8) is 0 Å². The van der Waals surface area contributed by atoms with Crippen LogP contribution in [0.25, 0.3) is 0 Å². The molecule has 1 aromatic heterocycles. The minimum Gasteiger partial charge on any atom is -0.347 e. The van der Waals surface area contributed by atoms with Crippen LogP contribution in [0.2, 0.25) is 5.15 Å². The van der Waals surface area contributed by atoms with Gasteiger partial charge in [-0.3, -0.25) is 14.9 Å². The SMILES string of the molecule is CC1(NC(=O)c2cc(Cl)ncc2[N+](=O)[O-])CCNCC1. The van der Waals surface area contributed by atoms with Crippen LogP contribution in [0.3, 0.4) is 0 Å². The maximum atomic E-state index is 12.3. The van der Waals surface area contributed by atoms with Crippen LogP contribution < -0.4 is 10.6 Å². The molecule has 7 nitrogen and oxygen atoms in total. The number of hydrogen-bond acceptors (Lipinski definition) is 5. The first-order valence-corrected chi connectivity index (χ1v) is 6.62. The Bertz CT molecular complexity index is 544. The van der Waals surface area contributed by atoms with Crippen molar-refractivity contribution in [3.05, 3.63) is 33.1 Å². The van der Waals surface area contributed by atoms with Crippen LogP contribution in [0.5, 0.6) is 0 Å². The monoisotopic (exact) mass is 298 g/mol. The quantitative estimate of drug-likeness (QED) is 0.501. The fraction of sp³-hybridized carbons (Fsp3) is 0.500. The van der Waals surface area contributed by atoms with E-state index in [0.29, 0.717) is 0 Å². The topological polar surface area (TPSA) is 97.2 Å². The number of carbonyl (C=O) groups is 1. The zero-order valence-corrected chi connectivity index (χ0v) is 11.7. The van der Waals surface area contributed by atoms with E-state index in [9.17, 15) is 14.9 Å². The minimum absolute atomic E-state index is 0.0520. The highest BCUT2D eigenvalue weighted by Crippen LogP contribution is 2.23. The number of rotatable bonds is 3. The molecular formula is C12H15ClN4O3. The van der Waals surface area contributed by atoms with Gasteiger partial charge in [0.1, 0.15) is 16.9 Å². The normalized spacial score (nSPS) is 17.5. The maximum absolute atomic E-state index is 12.3. The van der Waals surface area contributed by atoms with Gasteiger partial charge in [-0.1, -0.05) is 11.6 Å².